The van der Waals surface area contributed by atoms with Crippen molar-refractivity contribution in [3.63, 3.8) is 0 Å². The fraction of sp³-hybridized carbons (Fsp3) is 0.333. The van der Waals surface area contributed by atoms with Crippen LogP contribution in [0.25, 0.3) is 0 Å². The van der Waals surface area contributed by atoms with Crippen molar-refractivity contribution in [3.05, 3.63) is 41.1 Å². The van der Waals surface area contributed by atoms with Gasteiger partial charge in [-0.25, -0.2) is 9.59 Å². The number of urea groups is 1. The van der Waals surface area contributed by atoms with Gasteiger partial charge in [0.05, 0.1) is 23.9 Å². The SMILES string of the molecule is CCOc1ccc(C2NC(=O)N(C)C3=C2C(=O)OC3)cc1. The lowest BCUT2D eigenvalue weighted by molar-refractivity contribution is -0.136. The second-order valence-electron chi connectivity index (χ2n) is 4.88. The van der Waals surface area contributed by atoms with Crippen molar-refractivity contribution < 1.29 is 19.1 Å². The number of benzene rings is 1. The number of nitrogens with zero attached hydrogens (tertiary/aromatic N) is 1. The summed E-state index contributed by atoms with van der Waals surface area (Å²) in [6.07, 6.45) is 0. The number of amides is 2. The maximum absolute atomic E-state index is 12.0. The van der Waals surface area contributed by atoms with Gasteiger partial charge in [0.1, 0.15) is 12.4 Å². The van der Waals surface area contributed by atoms with Crippen LogP contribution in [0.1, 0.15) is 18.5 Å². The van der Waals surface area contributed by atoms with Crippen molar-refractivity contribution in [2.75, 3.05) is 20.3 Å². The molecule has 1 aromatic rings. The summed E-state index contributed by atoms with van der Waals surface area (Å²) >= 11 is 0. The molecule has 6 heteroatoms. The Balaban J connectivity index is 1.97. The van der Waals surface area contributed by atoms with Crippen LogP contribution in [-0.4, -0.2) is 37.2 Å². The topological polar surface area (TPSA) is 67.9 Å². The second kappa shape index (κ2) is 5.12. The minimum Gasteiger partial charge on any atom is -0.494 e. The molecule has 6 nitrogen and oxygen atoms in total. The molecule has 1 aromatic carbocycles. The summed E-state index contributed by atoms with van der Waals surface area (Å²) in [5, 5.41) is 2.82. The Hall–Kier alpha value is -2.50. The summed E-state index contributed by atoms with van der Waals surface area (Å²) in [5.41, 5.74) is 1.95. The molecule has 3 rings (SSSR count). The van der Waals surface area contributed by atoms with Gasteiger partial charge in [0.15, 0.2) is 0 Å². The van der Waals surface area contributed by atoms with Gasteiger partial charge in [-0.05, 0) is 24.6 Å². The molecule has 110 valence electrons. The molecule has 1 N–H and O–H groups in total. The lowest BCUT2D eigenvalue weighted by atomic mass is 9.96. The van der Waals surface area contributed by atoms with Crippen molar-refractivity contribution in [3.8, 4) is 5.75 Å². The number of likely N-dealkylation sites (N-methyl/N-ethyl adjacent to an activating group) is 1. The van der Waals surface area contributed by atoms with E-state index in [0.29, 0.717) is 17.9 Å². The third kappa shape index (κ3) is 2.22. The fourth-order valence-corrected chi connectivity index (χ4v) is 2.56. The molecule has 0 fully saturated rings. The molecule has 2 aliphatic rings. The van der Waals surface area contributed by atoms with E-state index in [4.69, 9.17) is 9.47 Å². The number of carbonyl (C=O) groups is 2. The summed E-state index contributed by atoms with van der Waals surface area (Å²) in [7, 11) is 1.63. The van der Waals surface area contributed by atoms with Crippen LogP contribution in [0.3, 0.4) is 0 Å². The summed E-state index contributed by atoms with van der Waals surface area (Å²) in [5.74, 6) is 0.374. The molecule has 0 spiro atoms. The Bertz CT molecular complexity index is 621. The Kier molecular flexibility index (Phi) is 3.29. The molecule has 0 saturated carbocycles. The predicted octanol–water partition coefficient (Wildman–Crippen LogP) is 1.59. The molecule has 0 saturated heterocycles. The zero-order valence-corrected chi connectivity index (χ0v) is 11.9. The predicted molar refractivity (Wildman–Crippen MR) is 74.6 cm³/mol. The van der Waals surface area contributed by atoms with Crippen molar-refractivity contribution in [1.82, 2.24) is 10.2 Å². The smallest absolute Gasteiger partial charge is 0.338 e. The zero-order chi connectivity index (χ0) is 15.0. The average Bonchev–Trinajstić information content (AvgIpc) is 2.87. The molecule has 0 radical (unpaired) electrons. The molecular formula is C15H16N2O4. The van der Waals surface area contributed by atoms with Crippen molar-refractivity contribution in [2.24, 2.45) is 0 Å². The minimum absolute atomic E-state index is 0.144. The molecule has 1 unspecified atom stereocenters. The summed E-state index contributed by atoms with van der Waals surface area (Å²) in [4.78, 5) is 25.3. The van der Waals surface area contributed by atoms with Crippen LogP contribution in [0.2, 0.25) is 0 Å². The van der Waals surface area contributed by atoms with Crippen LogP contribution in [0.5, 0.6) is 5.75 Å². The summed E-state index contributed by atoms with van der Waals surface area (Å²) in [6.45, 7) is 2.65. The van der Waals surface area contributed by atoms with Crippen LogP contribution in [0.15, 0.2) is 35.5 Å². The van der Waals surface area contributed by atoms with E-state index in [1.165, 1.54) is 4.90 Å². The first-order chi connectivity index (χ1) is 10.1. The number of hydrogen-bond donors (Lipinski definition) is 1. The lowest BCUT2D eigenvalue weighted by Gasteiger charge is -2.30. The number of nitrogens with one attached hydrogen (secondary N) is 1. The average molecular weight is 288 g/mol. The fourth-order valence-electron chi connectivity index (χ4n) is 2.56. The second-order valence-corrected chi connectivity index (χ2v) is 4.88. The van der Waals surface area contributed by atoms with Crippen LogP contribution in [0, 0.1) is 0 Å². The molecule has 2 amide bonds. The number of esters is 1. The van der Waals surface area contributed by atoms with Gasteiger partial charge in [0.2, 0.25) is 0 Å². The van der Waals surface area contributed by atoms with Gasteiger partial charge in [-0.1, -0.05) is 12.1 Å². The Labute approximate surface area is 122 Å². The maximum Gasteiger partial charge on any atom is 0.338 e. The van der Waals surface area contributed by atoms with Crippen molar-refractivity contribution >= 4 is 12.0 Å². The molecule has 0 aliphatic carbocycles. The standard InChI is InChI=1S/C15H16N2O4/c1-3-20-10-6-4-9(5-7-10)13-12-11(8-21-14(12)18)17(2)15(19)16-13/h4-7,13H,3,8H2,1-2H3,(H,16,19). The van der Waals surface area contributed by atoms with Crippen LogP contribution in [-0.2, 0) is 9.53 Å². The Morgan fingerprint density at radius 2 is 2.05 bits per heavy atom. The van der Waals surface area contributed by atoms with Crippen LogP contribution >= 0.6 is 0 Å². The third-order valence-corrected chi connectivity index (χ3v) is 3.66. The number of ether oxygens (including phenoxy) is 2. The Morgan fingerprint density at radius 1 is 1.33 bits per heavy atom. The van der Waals surface area contributed by atoms with E-state index in [0.717, 1.165) is 11.3 Å². The van der Waals surface area contributed by atoms with Gasteiger partial charge in [0, 0.05) is 7.05 Å². The highest BCUT2D eigenvalue weighted by atomic mass is 16.5. The monoisotopic (exact) mass is 288 g/mol. The van der Waals surface area contributed by atoms with Gasteiger partial charge < -0.3 is 14.8 Å². The number of carbonyl (C=O) groups excluding carboxylic acids is 2. The van der Waals surface area contributed by atoms with E-state index in [-0.39, 0.29) is 18.6 Å². The molecule has 1 atom stereocenters. The molecular weight excluding hydrogens is 272 g/mol. The first-order valence-electron chi connectivity index (χ1n) is 6.79. The zero-order valence-electron chi connectivity index (χ0n) is 11.9. The summed E-state index contributed by atoms with van der Waals surface area (Å²) in [6, 6.07) is 6.61. The van der Waals surface area contributed by atoms with Crippen LogP contribution < -0.4 is 10.1 Å². The summed E-state index contributed by atoms with van der Waals surface area (Å²) < 4.78 is 10.5. The number of cyclic esters (lactones) is 1. The highest BCUT2D eigenvalue weighted by Crippen LogP contribution is 2.34. The van der Waals surface area contributed by atoms with Gasteiger partial charge >= 0.3 is 12.0 Å². The van der Waals surface area contributed by atoms with Gasteiger partial charge in [0.25, 0.3) is 0 Å². The first-order valence-corrected chi connectivity index (χ1v) is 6.79. The first kappa shape index (κ1) is 13.5. The van der Waals surface area contributed by atoms with Crippen LogP contribution in [0.4, 0.5) is 4.79 Å². The van der Waals surface area contributed by atoms with Gasteiger partial charge in [-0.2, -0.15) is 0 Å². The molecule has 21 heavy (non-hydrogen) atoms. The highest BCUT2D eigenvalue weighted by Gasteiger charge is 2.40. The van der Waals surface area contributed by atoms with Gasteiger partial charge in [-0.3, -0.25) is 4.90 Å². The van der Waals surface area contributed by atoms with Crippen molar-refractivity contribution in [1.29, 1.82) is 0 Å². The molecule has 0 aromatic heterocycles. The van der Waals surface area contributed by atoms with E-state index in [1.54, 1.807) is 7.05 Å². The highest BCUT2D eigenvalue weighted by molar-refractivity contribution is 5.97. The molecule has 2 heterocycles. The third-order valence-electron chi connectivity index (χ3n) is 3.66. The largest absolute Gasteiger partial charge is 0.494 e. The van der Waals surface area contributed by atoms with E-state index >= 15 is 0 Å². The van der Waals surface area contributed by atoms with E-state index < -0.39 is 6.04 Å². The lowest BCUT2D eigenvalue weighted by Crippen LogP contribution is -2.45. The maximum atomic E-state index is 12.0. The number of hydrogen-bond acceptors (Lipinski definition) is 4. The van der Waals surface area contributed by atoms with E-state index in [2.05, 4.69) is 5.32 Å². The van der Waals surface area contributed by atoms with Gasteiger partial charge in [-0.15, -0.1) is 0 Å². The minimum atomic E-state index is -0.477. The number of rotatable bonds is 3. The quantitative estimate of drug-likeness (QED) is 0.858. The van der Waals surface area contributed by atoms with E-state index in [1.807, 2.05) is 31.2 Å². The molecule has 2 aliphatic heterocycles. The van der Waals surface area contributed by atoms with E-state index in [9.17, 15) is 9.59 Å². The Morgan fingerprint density at radius 3 is 2.71 bits per heavy atom. The molecule has 0 bridgehead atoms. The normalized spacial score (nSPS) is 21.0. The van der Waals surface area contributed by atoms with Crippen molar-refractivity contribution in [2.45, 2.75) is 13.0 Å².